The summed E-state index contributed by atoms with van der Waals surface area (Å²) < 4.78 is 22.5. The van der Waals surface area contributed by atoms with Crippen molar-refractivity contribution < 1.29 is 8.42 Å². The summed E-state index contributed by atoms with van der Waals surface area (Å²) >= 11 is 6.61. The first-order chi connectivity index (χ1) is 8.55. The molecule has 1 aliphatic heterocycles. The van der Waals surface area contributed by atoms with Gasteiger partial charge in [0.1, 0.15) is 0 Å². The Morgan fingerprint density at radius 2 is 2.44 bits per heavy atom. The number of sulfone groups is 1. The average molecular weight is 303 g/mol. The molecule has 2 rings (SSSR count). The molecule has 0 radical (unpaired) electrons. The number of thiocarbonyl (C=S) groups is 1. The highest BCUT2D eigenvalue weighted by atomic mass is 32.2. The maximum absolute atomic E-state index is 11.3. The van der Waals surface area contributed by atoms with Crippen LogP contribution in [0.1, 0.15) is 11.3 Å². The number of thiophene rings is 1. The van der Waals surface area contributed by atoms with E-state index in [-0.39, 0.29) is 17.5 Å². The molecule has 1 aromatic rings. The highest BCUT2D eigenvalue weighted by Gasteiger charge is 2.27. The third-order valence-corrected chi connectivity index (χ3v) is 5.25. The van der Waals surface area contributed by atoms with E-state index in [0.29, 0.717) is 11.5 Å². The Bertz CT molecular complexity index is 537. The largest absolute Gasteiger partial charge is 0.358 e. The monoisotopic (exact) mass is 303 g/mol. The average Bonchev–Trinajstić information content (AvgIpc) is 2.88. The summed E-state index contributed by atoms with van der Waals surface area (Å²) in [6.07, 6.45) is 2.27. The minimum Gasteiger partial charge on any atom is -0.358 e. The summed E-state index contributed by atoms with van der Waals surface area (Å²) in [6.45, 7) is 0. The fourth-order valence-electron chi connectivity index (χ4n) is 1.65. The molecule has 2 heterocycles. The molecular weight excluding hydrogens is 290 g/mol. The van der Waals surface area contributed by atoms with E-state index in [2.05, 4.69) is 15.8 Å². The van der Waals surface area contributed by atoms with Crippen LogP contribution in [-0.4, -0.2) is 37.3 Å². The van der Waals surface area contributed by atoms with Crippen LogP contribution in [0.15, 0.2) is 22.6 Å². The van der Waals surface area contributed by atoms with Crippen molar-refractivity contribution in [3.63, 3.8) is 0 Å². The van der Waals surface area contributed by atoms with Gasteiger partial charge in [0.2, 0.25) is 0 Å². The summed E-state index contributed by atoms with van der Waals surface area (Å²) in [4.78, 5) is 1.02. The van der Waals surface area contributed by atoms with Gasteiger partial charge >= 0.3 is 0 Å². The van der Waals surface area contributed by atoms with Crippen molar-refractivity contribution in [1.29, 1.82) is 0 Å². The van der Waals surface area contributed by atoms with Gasteiger partial charge in [0.05, 0.1) is 17.7 Å². The highest BCUT2D eigenvalue weighted by molar-refractivity contribution is 7.91. The fraction of sp³-hybridized carbons (Fsp3) is 0.400. The summed E-state index contributed by atoms with van der Waals surface area (Å²) in [5, 5.41) is 9.23. The number of nitrogens with one attached hydrogen (secondary N) is 2. The maximum Gasteiger partial charge on any atom is 0.187 e. The second-order valence-corrected chi connectivity index (χ2v) is 7.58. The molecule has 0 bridgehead atoms. The maximum atomic E-state index is 11.3. The van der Waals surface area contributed by atoms with Gasteiger partial charge in [-0.15, -0.1) is 11.3 Å². The molecule has 0 spiro atoms. The molecule has 1 atom stereocenters. The quantitative estimate of drug-likeness (QED) is 0.489. The summed E-state index contributed by atoms with van der Waals surface area (Å²) in [5.41, 5.74) is 2.68. The minimum atomic E-state index is -2.88. The van der Waals surface area contributed by atoms with Crippen LogP contribution in [0.5, 0.6) is 0 Å². The van der Waals surface area contributed by atoms with E-state index in [9.17, 15) is 8.42 Å². The molecular formula is C10H13N3O2S3. The lowest BCUT2D eigenvalue weighted by Gasteiger charge is -2.11. The third kappa shape index (κ3) is 4.04. The molecule has 0 unspecified atom stereocenters. The van der Waals surface area contributed by atoms with Crippen LogP contribution in [-0.2, 0) is 9.84 Å². The summed E-state index contributed by atoms with van der Waals surface area (Å²) in [6, 6.07) is 3.77. The van der Waals surface area contributed by atoms with Gasteiger partial charge in [0.25, 0.3) is 0 Å². The van der Waals surface area contributed by atoms with Crippen molar-refractivity contribution in [3.05, 3.63) is 22.4 Å². The van der Waals surface area contributed by atoms with Gasteiger partial charge in [0.15, 0.2) is 14.9 Å². The van der Waals surface area contributed by atoms with Crippen molar-refractivity contribution in [2.45, 2.75) is 12.5 Å². The normalized spacial score (nSPS) is 22.1. The first-order valence-electron chi connectivity index (χ1n) is 5.39. The molecule has 1 saturated heterocycles. The smallest absolute Gasteiger partial charge is 0.187 e. The predicted molar refractivity (Wildman–Crippen MR) is 77.8 cm³/mol. The molecule has 1 fully saturated rings. The van der Waals surface area contributed by atoms with Gasteiger partial charge in [0, 0.05) is 10.9 Å². The fourth-order valence-corrected chi connectivity index (χ4v) is 4.12. The summed E-state index contributed by atoms with van der Waals surface area (Å²) in [5.74, 6) is 0.370. The van der Waals surface area contributed by atoms with Crippen molar-refractivity contribution >= 4 is 44.7 Å². The molecule has 2 N–H and O–H groups in total. The lowest BCUT2D eigenvalue weighted by molar-refractivity contribution is 0.600. The number of hydrogen-bond donors (Lipinski definition) is 2. The Hall–Kier alpha value is -0.990. The lowest BCUT2D eigenvalue weighted by atomic mass is 10.3. The Kier molecular flexibility index (Phi) is 4.31. The first kappa shape index (κ1) is 13.4. The second-order valence-electron chi connectivity index (χ2n) is 3.96. The van der Waals surface area contributed by atoms with Crippen molar-refractivity contribution in [2.24, 2.45) is 5.10 Å². The van der Waals surface area contributed by atoms with Crippen LogP contribution in [0.25, 0.3) is 0 Å². The van der Waals surface area contributed by atoms with E-state index in [4.69, 9.17) is 12.2 Å². The van der Waals surface area contributed by atoms with E-state index in [1.165, 1.54) is 0 Å². The number of nitrogens with zero attached hydrogens (tertiary/aromatic N) is 1. The van der Waals surface area contributed by atoms with E-state index in [0.717, 1.165) is 4.88 Å². The molecule has 0 aromatic carbocycles. The highest BCUT2D eigenvalue weighted by Crippen LogP contribution is 2.10. The topological polar surface area (TPSA) is 70.6 Å². The van der Waals surface area contributed by atoms with E-state index >= 15 is 0 Å². The number of hydrogen-bond acceptors (Lipinski definition) is 5. The van der Waals surface area contributed by atoms with Crippen molar-refractivity contribution in [3.8, 4) is 0 Å². The van der Waals surface area contributed by atoms with Gasteiger partial charge in [-0.05, 0) is 30.1 Å². The van der Waals surface area contributed by atoms with Crippen molar-refractivity contribution in [1.82, 2.24) is 10.7 Å². The van der Waals surface area contributed by atoms with E-state index < -0.39 is 9.84 Å². The van der Waals surface area contributed by atoms with Gasteiger partial charge < -0.3 is 5.32 Å². The molecule has 0 saturated carbocycles. The van der Waals surface area contributed by atoms with Crippen LogP contribution in [0.2, 0.25) is 0 Å². The Morgan fingerprint density at radius 3 is 3.06 bits per heavy atom. The Morgan fingerprint density at radius 1 is 1.61 bits per heavy atom. The molecule has 1 aromatic heterocycles. The molecule has 5 nitrogen and oxygen atoms in total. The zero-order chi connectivity index (χ0) is 13.0. The lowest BCUT2D eigenvalue weighted by Crippen LogP contribution is -2.40. The van der Waals surface area contributed by atoms with Crippen molar-refractivity contribution in [2.75, 3.05) is 11.5 Å². The van der Waals surface area contributed by atoms with Crippen LogP contribution >= 0.6 is 23.6 Å². The molecule has 0 aliphatic carbocycles. The second kappa shape index (κ2) is 5.77. The van der Waals surface area contributed by atoms with Gasteiger partial charge in [-0.1, -0.05) is 6.07 Å². The zero-order valence-corrected chi connectivity index (χ0v) is 11.9. The number of rotatable bonds is 3. The standard InChI is InChI=1S/C10H13N3O2S3/c14-18(15)5-3-8(7-18)12-10(16)13-11-6-9-2-1-4-17-9/h1-2,4,6,8H,3,5,7H2,(H2,12,13,16)/b11-6-/t8-/m1/s1. The Balaban J connectivity index is 1.76. The molecule has 0 amide bonds. The summed E-state index contributed by atoms with van der Waals surface area (Å²) in [7, 11) is -2.88. The van der Waals surface area contributed by atoms with Gasteiger partial charge in [-0.2, -0.15) is 5.10 Å². The zero-order valence-electron chi connectivity index (χ0n) is 9.50. The first-order valence-corrected chi connectivity index (χ1v) is 8.49. The van der Waals surface area contributed by atoms with Crippen LogP contribution in [0.3, 0.4) is 0 Å². The van der Waals surface area contributed by atoms with Gasteiger partial charge in [-0.25, -0.2) is 8.42 Å². The van der Waals surface area contributed by atoms with Gasteiger partial charge in [-0.3, -0.25) is 5.43 Å². The SMILES string of the molecule is O=S1(=O)CC[C@@H](NC(=S)N/N=C\c2cccs2)C1. The predicted octanol–water partition coefficient (Wildman–Crippen LogP) is 0.733. The minimum absolute atomic E-state index is 0.105. The molecule has 1 aliphatic rings. The van der Waals surface area contributed by atoms with Crippen LogP contribution < -0.4 is 10.7 Å². The Labute approximate surface area is 115 Å². The molecule has 98 valence electrons. The molecule has 8 heteroatoms. The van der Waals surface area contributed by atoms with E-state index in [1.807, 2.05) is 17.5 Å². The van der Waals surface area contributed by atoms with Crippen LogP contribution in [0.4, 0.5) is 0 Å². The van der Waals surface area contributed by atoms with E-state index in [1.54, 1.807) is 17.6 Å². The third-order valence-electron chi connectivity index (χ3n) is 2.47. The number of hydrazone groups is 1. The van der Waals surface area contributed by atoms with Crippen LogP contribution in [0, 0.1) is 0 Å². The molecule has 18 heavy (non-hydrogen) atoms.